The summed E-state index contributed by atoms with van der Waals surface area (Å²) in [7, 11) is 0. The zero-order valence-electron chi connectivity index (χ0n) is 12.5. The van der Waals surface area contributed by atoms with Crippen molar-refractivity contribution in [2.24, 2.45) is 0 Å². The van der Waals surface area contributed by atoms with Gasteiger partial charge in [-0.05, 0) is 32.4 Å². The number of carbonyl (C=O) groups is 2. The minimum atomic E-state index is -0.528. The Hall–Kier alpha value is -1.36. The van der Waals surface area contributed by atoms with Crippen LogP contribution in [-0.2, 0) is 14.9 Å². The number of nitrogens with one attached hydrogen (secondary N) is 1. The quantitative estimate of drug-likeness (QED) is 0.903. The van der Waals surface area contributed by atoms with Crippen LogP contribution >= 0.6 is 15.9 Å². The average molecular weight is 354 g/mol. The van der Waals surface area contributed by atoms with Crippen LogP contribution in [-0.4, -0.2) is 24.0 Å². The van der Waals surface area contributed by atoms with Crippen molar-refractivity contribution in [2.45, 2.75) is 44.6 Å². The molecule has 1 aliphatic carbocycles. The number of ketones is 1. The zero-order valence-corrected chi connectivity index (χ0v) is 14.1. The minimum Gasteiger partial charge on any atom is -0.444 e. The van der Waals surface area contributed by atoms with Crippen LogP contribution in [0.15, 0.2) is 28.7 Å². The van der Waals surface area contributed by atoms with Crippen molar-refractivity contribution in [1.82, 2.24) is 5.32 Å². The second kappa shape index (κ2) is 5.79. The fraction of sp³-hybridized carbons (Fsp3) is 0.500. The van der Waals surface area contributed by atoms with Crippen molar-refractivity contribution in [2.75, 3.05) is 6.54 Å². The molecule has 4 nitrogen and oxygen atoms in total. The molecule has 0 aliphatic heterocycles. The zero-order chi connectivity index (χ0) is 15.7. The first-order valence-corrected chi connectivity index (χ1v) is 7.75. The molecule has 5 heteroatoms. The molecule has 1 aromatic carbocycles. The lowest BCUT2D eigenvalue weighted by Crippen LogP contribution is -2.51. The molecule has 1 N–H and O–H groups in total. The van der Waals surface area contributed by atoms with Crippen LogP contribution in [0.3, 0.4) is 0 Å². The van der Waals surface area contributed by atoms with Gasteiger partial charge >= 0.3 is 6.09 Å². The molecule has 0 heterocycles. The van der Waals surface area contributed by atoms with Gasteiger partial charge in [0.05, 0.1) is 0 Å². The van der Waals surface area contributed by atoms with Crippen molar-refractivity contribution in [1.29, 1.82) is 0 Å². The van der Waals surface area contributed by atoms with Gasteiger partial charge < -0.3 is 10.1 Å². The lowest BCUT2D eigenvalue weighted by Gasteiger charge is -2.41. The van der Waals surface area contributed by atoms with Crippen LogP contribution in [0.5, 0.6) is 0 Å². The number of benzene rings is 1. The number of rotatable bonds is 3. The third-order valence-electron chi connectivity index (χ3n) is 3.49. The predicted molar refractivity (Wildman–Crippen MR) is 84.3 cm³/mol. The fourth-order valence-corrected chi connectivity index (χ4v) is 3.27. The summed E-state index contributed by atoms with van der Waals surface area (Å²) < 4.78 is 6.21. The molecular weight excluding hydrogens is 334 g/mol. The number of halogens is 1. The van der Waals surface area contributed by atoms with Crippen molar-refractivity contribution in [3.05, 3.63) is 34.3 Å². The van der Waals surface area contributed by atoms with E-state index in [2.05, 4.69) is 21.2 Å². The van der Waals surface area contributed by atoms with Gasteiger partial charge in [-0.25, -0.2) is 4.79 Å². The molecule has 0 spiro atoms. The molecule has 21 heavy (non-hydrogen) atoms. The van der Waals surface area contributed by atoms with Gasteiger partial charge in [-0.1, -0.05) is 34.1 Å². The second-order valence-corrected chi connectivity index (χ2v) is 7.36. The molecule has 0 radical (unpaired) electrons. The largest absolute Gasteiger partial charge is 0.444 e. The van der Waals surface area contributed by atoms with Gasteiger partial charge in [-0.15, -0.1) is 0 Å². The van der Waals surface area contributed by atoms with Crippen LogP contribution in [0.4, 0.5) is 4.79 Å². The summed E-state index contributed by atoms with van der Waals surface area (Å²) in [5.41, 5.74) is 0.203. The van der Waals surface area contributed by atoms with E-state index >= 15 is 0 Å². The predicted octanol–water partition coefficient (Wildman–Crippen LogP) is 3.57. The summed E-state index contributed by atoms with van der Waals surface area (Å²) in [5, 5.41) is 2.79. The maximum absolute atomic E-state index is 11.8. The van der Waals surface area contributed by atoms with Gasteiger partial charge in [0.15, 0.2) is 0 Å². The van der Waals surface area contributed by atoms with Crippen LogP contribution < -0.4 is 5.32 Å². The molecule has 1 amide bonds. The first-order valence-electron chi connectivity index (χ1n) is 6.95. The van der Waals surface area contributed by atoms with Gasteiger partial charge in [0, 0.05) is 29.3 Å². The molecule has 0 saturated heterocycles. The van der Waals surface area contributed by atoms with Gasteiger partial charge in [0.25, 0.3) is 0 Å². The molecule has 0 unspecified atom stereocenters. The molecular formula is C16H20BrNO3. The molecule has 114 valence electrons. The number of alkyl carbamates (subject to hydrolysis) is 1. The Labute approximate surface area is 133 Å². The number of hydrogen-bond acceptors (Lipinski definition) is 3. The maximum atomic E-state index is 11.8. The van der Waals surface area contributed by atoms with Crippen molar-refractivity contribution in [3.8, 4) is 0 Å². The molecule has 0 bridgehead atoms. The SMILES string of the molecule is CC(C)(C)OC(=O)NCC1(c2ccccc2Br)CC(=O)C1. The third-order valence-corrected chi connectivity index (χ3v) is 4.18. The summed E-state index contributed by atoms with van der Waals surface area (Å²) in [6, 6.07) is 7.82. The van der Waals surface area contributed by atoms with E-state index in [0.717, 1.165) is 10.0 Å². The van der Waals surface area contributed by atoms with Crippen LogP contribution in [0.2, 0.25) is 0 Å². The standard InChI is InChI=1S/C16H20BrNO3/c1-15(2,3)21-14(20)18-10-16(8-11(19)9-16)12-6-4-5-7-13(12)17/h4-7H,8-10H2,1-3H3,(H,18,20). The van der Waals surface area contributed by atoms with Gasteiger partial charge in [-0.2, -0.15) is 0 Å². The van der Waals surface area contributed by atoms with E-state index in [4.69, 9.17) is 4.74 Å². The summed E-state index contributed by atoms with van der Waals surface area (Å²) in [6.45, 7) is 5.87. The van der Waals surface area contributed by atoms with Crippen molar-refractivity contribution < 1.29 is 14.3 Å². The van der Waals surface area contributed by atoms with Crippen LogP contribution in [0, 0.1) is 0 Å². The van der Waals surface area contributed by atoms with E-state index in [-0.39, 0.29) is 11.2 Å². The average Bonchev–Trinajstić information content (AvgIpc) is 2.32. The lowest BCUT2D eigenvalue weighted by atomic mass is 9.63. The van der Waals surface area contributed by atoms with Gasteiger partial charge in [-0.3, -0.25) is 4.79 Å². The lowest BCUT2D eigenvalue weighted by molar-refractivity contribution is -0.128. The normalized spacial score (nSPS) is 17.0. The fourth-order valence-electron chi connectivity index (χ4n) is 2.56. The third kappa shape index (κ3) is 3.84. The topological polar surface area (TPSA) is 55.4 Å². The van der Waals surface area contributed by atoms with Crippen molar-refractivity contribution >= 4 is 27.8 Å². The number of hydrogen-bond donors (Lipinski definition) is 1. The van der Waals surface area contributed by atoms with E-state index in [1.165, 1.54) is 0 Å². The molecule has 2 rings (SSSR count). The van der Waals surface area contributed by atoms with Crippen LogP contribution in [0.1, 0.15) is 39.2 Å². The Balaban J connectivity index is 2.09. The number of amides is 1. The Morgan fingerprint density at radius 1 is 1.33 bits per heavy atom. The Morgan fingerprint density at radius 3 is 2.48 bits per heavy atom. The monoisotopic (exact) mass is 353 g/mol. The van der Waals surface area contributed by atoms with Gasteiger partial charge in [0.1, 0.15) is 11.4 Å². The highest BCUT2D eigenvalue weighted by atomic mass is 79.9. The molecule has 1 aromatic rings. The maximum Gasteiger partial charge on any atom is 0.407 e. The number of Topliss-reactive ketones (excluding diaryl/α,β-unsaturated/α-hetero) is 1. The summed E-state index contributed by atoms with van der Waals surface area (Å²) in [6.07, 6.45) is 0.449. The Bertz CT molecular complexity index is 555. The molecule has 1 fully saturated rings. The highest BCUT2D eigenvalue weighted by molar-refractivity contribution is 9.10. The first kappa shape index (κ1) is 16.0. The molecule has 1 aliphatic rings. The highest BCUT2D eigenvalue weighted by Gasteiger charge is 2.46. The summed E-state index contributed by atoms with van der Waals surface area (Å²) in [5.74, 6) is 0.219. The highest BCUT2D eigenvalue weighted by Crippen LogP contribution is 2.43. The minimum absolute atomic E-state index is 0.219. The smallest absolute Gasteiger partial charge is 0.407 e. The Morgan fingerprint density at radius 2 is 1.95 bits per heavy atom. The van der Waals surface area contributed by atoms with E-state index in [0.29, 0.717) is 19.4 Å². The second-order valence-electron chi connectivity index (χ2n) is 6.51. The molecule has 0 aromatic heterocycles. The number of carbonyl (C=O) groups excluding carboxylic acids is 2. The summed E-state index contributed by atoms with van der Waals surface area (Å²) >= 11 is 3.53. The van der Waals surface area contributed by atoms with E-state index < -0.39 is 11.7 Å². The first-order chi connectivity index (χ1) is 9.72. The van der Waals surface area contributed by atoms with E-state index in [1.807, 2.05) is 45.0 Å². The van der Waals surface area contributed by atoms with Gasteiger partial charge in [0.2, 0.25) is 0 Å². The van der Waals surface area contributed by atoms with Crippen molar-refractivity contribution in [3.63, 3.8) is 0 Å². The van der Waals surface area contributed by atoms with Crippen LogP contribution in [0.25, 0.3) is 0 Å². The summed E-state index contributed by atoms with van der Waals surface area (Å²) in [4.78, 5) is 23.3. The Kier molecular flexibility index (Phi) is 4.42. The van der Waals surface area contributed by atoms with E-state index in [9.17, 15) is 9.59 Å². The molecule has 0 atom stereocenters. The number of ether oxygens (including phenoxy) is 1. The molecule has 1 saturated carbocycles. The van der Waals surface area contributed by atoms with E-state index in [1.54, 1.807) is 0 Å².